The molecule has 0 saturated carbocycles. The van der Waals surface area contributed by atoms with Crippen molar-refractivity contribution < 1.29 is 0 Å². The second kappa shape index (κ2) is 6.93. The summed E-state index contributed by atoms with van der Waals surface area (Å²) in [5.74, 6) is 8.14. The molecule has 3 N–H and O–H groups in total. The quantitative estimate of drug-likeness (QED) is 0.378. The second-order valence-electron chi connectivity index (χ2n) is 3.52. The van der Waals surface area contributed by atoms with Gasteiger partial charge in [-0.15, -0.1) is 12.3 Å². The highest BCUT2D eigenvalue weighted by molar-refractivity contribution is 9.10. The molecule has 1 aromatic carbocycles. The molecule has 0 aliphatic rings. The average Bonchev–Trinajstić information content (AvgIpc) is 2.23. The van der Waals surface area contributed by atoms with Gasteiger partial charge in [0.05, 0.1) is 0 Å². The number of nitrogens with one attached hydrogen (secondary N) is 1. The Balaban J connectivity index is 2.74. The number of unbranched alkanes of at least 4 members (excludes halogenated alkanes) is 1. The van der Waals surface area contributed by atoms with Crippen molar-refractivity contribution in [2.45, 2.75) is 25.3 Å². The molecule has 0 fully saturated rings. The Hall–Kier alpha value is -0.530. The van der Waals surface area contributed by atoms with Gasteiger partial charge in [0.15, 0.2) is 0 Å². The van der Waals surface area contributed by atoms with Crippen LogP contribution in [0, 0.1) is 12.3 Å². The molecular weight excluding hydrogens is 288 g/mol. The second-order valence-corrected chi connectivity index (χ2v) is 4.87. The van der Waals surface area contributed by atoms with Crippen LogP contribution in [0.2, 0.25) is 5.02 Å². The maximum Gasteiger partial charge on any atom is 0.0461 e. The summed E-state index contributed by atoms with van der Waals surface area (Å²) in [6.45, 7) is 0. The zero-order valence-electron chi connectivity index (χ0n) is 8.84. The lowest BCUT2D eigenvalue weighted by molar-refractivity contribution is 0.502. The first-order valence-corrected chi connectivity index (χ1v) is 6.20. The first-order chi connectivity index (χ1) is 7.67. The van der Waals surface area contributed by atoms with Crippen molar-refractivity contribution in [1.29, 1.82) is 0 Å². The maximum absolute atomic E-state index is 5.98. The Morgan fingerprint density at radius 3 is 2.81 bits per heavy atom. The molecule has 1 atom stereocenters. The molecule has 1 rings (SSSR count). The van der Waals surface area contributed by atoms with E-state index in [4.69, 9.17) is 23.9 Å². The summed E-state index contributed by atoms with van der Waals surface area (Å²) in [6.07, 6.45) is 7.81. The third-order valence-corrected chi connectivity index (χ3v) is 2.98. The Labute approximate surface area is 110 Å². The number of nitrogens with two attached hydrogens (primary N) is 1. The minimum atomic E-state index is 0.0864. The number of hydrogen-bond donors (Lipinski definition) is 2. The summed E-state index contributed by atoms with van der Waals surface area (Å²) in [7, 11) is 0. The molecule has 0 aliphatic heterocycles. The van der Waals surface area contributed by atoms with Crippen molar-refractivity contribution in [3.05, 3.63) is 33.3 Å². The van der Waals surface area contributed by atoms with Gasteiger partial charge < -0.3 is 0 Å². The summed E-state index contributed by atoms with van der Waals surface area (Å²) in [6, 6.07) is 5.85. The van der Waals surface area contributed by atoms with Crippen molar-refractivity contribution in [2.24, 2.45) is 5.84 Å². The van der Waals surface area contributed by atoms with Gasteiger partial charge in [0, 0.05) is 22.0 Å². The molecule has 1 unspecified atom stereocenters. The highest BCUT2D eigenvalue weighted by atomic mass is 79.9. The number of hydrazine groups is 1. The fourth-order valence-electron chi connectivity index (χ4n) is 1.53. The molecule has 2 nitrogen and oxygen atoms in total. The summed E-state index contributed by atoms with van der Waals surface area (Å²) < 4.78 is 0.951. The van der Waals surface area contributed by atoms with Gasteiger partial charge in [0.25, 0.3) is 0 Å². The molecule has 1 aromatic rings. The fourth-order valence-corrected chi connectivity index (χ4v) is 2.42. The number of hydrogen-bond acceptors (Lipinski definition) is 2. The van der Waals surface area contributed by atoms with E-state index in [1.165, 1.54) is 0 Å². The van der Waals surface area contributed by atoms with Gasteiger partial charge in [-0.2, -0.15) is 0 Å². The van der Waals surface area contributed by atoms with Crippen LogP contribution in [0.25, 0.3) is 0 Å². The molecular formula is C12H14BrClN2. The van der Waals surface area contributed by atoms with E-state index in [0.29, 0.717) is 5.02 Å². The van der Waals surface area contributed by atoms with Crippen molar-refractivity contribution in [3.8, 4) is 12.3 Å². The van der Waals surface area contributed by atoms with Gasteiger partial charge in [-0.05, 0) is 36.6 Å². The van der Waals surface area contributed by atoms with Crippen LogP contribution in [0.3, 0.4) is 0 Å². The highest BCUT2D eigenvalue weighted by Crippen LogP contribution is 2.26. The number of benzene rings is 1. The van der Waals surface area contributed by atoms with E-state index < -0.39 is 0 Å². The lowest BCUT2D eigenvalue weighted by Crippen LogP contribution is -2.28. The highest BCUT2D eigenvalue weighted by Gasteiger charge is 2.10. The Kier molecular flexibility index (Phi) is 5.86. The Morgan fingerprint density at radius 2 is 2.25 bits per heavy atom. The van der Waals surface area contributed by atoms with Crippen LogP contribution in [0.1, 0.15) is 30.9 Å². The van der Waals surface area contributed by atoms with E-state index in [0.717, 1.165) is 29.3 Å². The summed E-state index contributed by atoms with van der Waals surface area (Å²) in [4.78, 5) is 0. The molecule has 86 valence electrons. The van der Waals surface area contributed by atoms with Crippen LogP contribution < -0.4 is 11.3 Å². The first-order valence-electron chi connectivity index (χ1n) is 5.03. The standard InChI is InChI=1S/C12H14BrClN2/c1-2-3-4-5-12(16-15)9-6-10(13)8-11(14)7-9/h1,6-8,12,16H,3-5,15H2. The van der Waals surface area contributed by atoms with Gasteiger partial charge in [-0.1, -0.05) is 27.5 Å². The number of rotatable bonds is 5. The van der Waals surface area contributed by atoms with Crippen LogP contribution >= 0.6 is 27.5 Å². The lowest BCUT2D eigenvalue weighted by atomic mass is 10.0. The van der Waals surface area contributed by atoms with E-state index in [9.17, 15) is 0 Å². The van der Waals surface area contributed by atoms with Gasteiger partial charge in [0.1, 0.15) is 0 Å². The minimum Gasteiger partial charge on any atom is -0.271 e. The summed E-state index contributed by atoms with van der Waals surface area (Å²) in [5.41, 5.74) is 3.85. The molecule has 0 aliphatic carbocycles. The van der Waals surface area contributed by atoms with Crippen LogP contribution in [0.5, 0.6) is 0 Å². The smallest absolute Gasteiger partial charge is 0.0461 e. The monoisotopic (exact) mass is 300 g/mol. The SMILES string of the molecule is C#CCCCC(NN)c1cc(Cl)cc(Br)c1. The molecule has 0 heterocycles. The lowest BCUT2D eigenvalue weighted by Gasteiger charge is -2.16. The van der Waals surface area contributed by atoms with Crippen molar-refractivity contribution in [2.75, 3.05) is 0 Å². The maximum atomic E-state index is 5.98. The molecule has 0 aromatic heterocycles. The van der Waals surface area contributed by atoms with Crippen molar-refractivity contribution in [3.63, 3.8) is 0 Å². The van der Waals surface area contributed by atoms with Crippen LogP contribution in [-0.2, 0) is 0 Å². The molecule has 4 heteroatoms. The minimum absolute atomic E-state index is 0.0864. The van der Waals surface area contributed by atoms with Crippen molar-refractivity contribution >= 4 is 27.5 Å². The Morgan fingerprint density at radius 1 is 1.50 bits per heavy atom. The average molecular weight is 302 g/mol. The van der Waals surface area contributed by atoms with E-state index in [1.54, 1.807) is 0 Å². The molecule has 16 heavy (non-hydrogen) atoms. The first kappa shape index (κ1) is 13.5. The number of halogens is 2. The van der Waals surface area contributed by atoms with Gasteiger partial charge in [-0.3, -0.25) is 11.3 Å². The molecule has 0 saturated heterocycles. The zero-order chi connectivity index (χ0) is 12.0. The van der Waals surface area contributed by atoms with E-state index in [2.05, 4.69) is 27.3 Å². The number of terminal acetylenes is 1. The van der Waals surface area contributed by atoms with E-state index in [1.807, 2.05) is 18.2 Å². The van der Waals surface area contributed by atoms with Crippen LogP contribution in [-0.4, -0.2) is 0 Å². The molecule has 0 amide bonds. The summed E-state index contributed by atoms with van der Waals surface area (Å²) in [5, 5.41) is 0.696. The van der Waals surface area contributed by atoms with Gasteiger partial charge in [-0.25, -0.2) is 0 Å². The normalized spacial score (nSPS) is 12.1. The van der Waals surface area contributed by atoms with Crippen molar-refractivity contribution in [1.82, 2.24) is 5.43 Å². The van der Waals surface area contributed by atoms with Gasteiger partial charge in [0.2, 0.25) is 0 Å². The van der Waals surface area contributed by atoms with E-state index in [-0.39, 0.29) is 6.04 Å². The Bertz CT molecular complexity index is 367. The van der Waals surface area contributed by atoms with E-state index >= 15 is 0 Å². The van der Waals surface area contributed by atoms with Crippen LogP contribution in [0.4, 0.5) is 0 Å². The molecule has 0 bridgehead atoms. The zero-order valence-corrected chi connectivity index (χ0v) is 11.2. The molecule has 0 spiro atoms. The third-order valence-electron chi connectivity index (χ3n) is 2.30. The predicted octanol–water partition coefficient (Wildman–Crippen LogP) is 3.41. The summed E-state index contributed by atoms with van der Waals surface area (Å²) >= 11 is 9.39. The largest absolute Gasteiger partial charge is 0.271 e. The topological polar surface area (TPSA) is 38.0 Å². The van der Waals surface area contributed by atoms with Gasteiger partial charge >= 0.3 is 0 Å². The fraction of sp³-hybridized carbons (Fsp3) is 0.333. The third kappa shape index (κ3) is 4.15. The van der Waals surface area contributed by atoms with Crippen LogP contribution in [0.15, 0.2) is 22.7 Å². The predicted molar refractivity (Wildman–Crippen MR) is 71.9 cm³/mol. The molecule has 0 radical (unpaired) electrons.